The fraction of sp³-hybridized carbons (Fsp3) is 0.208. The minimum absolute atomic E-state index is 0.141. The molecule has 0 unspecified atom stereocenters. The third-order valence-corrected chi connectivity index (χ3v) is 4.46. The Morgan fingerprint density at radius 3 is 2.07 bits per heavy atom. The van der Waals surface area contributed by atoms with Crippen molar-refractivity contribution in [3.8, 4) is 5.75 Å². The number of hydrogen-bond donors (Lipinski definition) is 1. The van der Waals surface area contributed by atoms with Gasteiger partial charge in [-0.1, -0.05) is 60.7 Å². The molecule has 0 aliphatic heterocycles. The van der Waals surface area contributed by atoms with Gasteiger partial charge in [-0.15, -0.1) is 0 Å². The number of methoxy groups -OCH3 is 1. The lowest BCUT2D eigenvalue weighted by Crippen LogP contribution is -2.29. The first kappa shape index (κ1) is 19.6. The maximum absolute atomic E-state index is 13.0. The summed E-state index contributed by atoms with van der Waals surface area (Å²) in [6.45, 7) is 2.88. The van der Waals surface area contributed by atoms with Crippen LogP contribution in [0.1, 0.15) is 40.0 Å². The summed E-state index contributed by atoms with van der Waals surface area (Å²) in [6.07, 6.45) is 0. The predicted molar refractivity (Wildman–Crippen MR) is 111 cm³/mol. The topological polar surface area (TPSA) is 47.6 Å². The van der Waals surface area contributed by atoms with E-state index in [0.717, 1.165) is 22.4 Å². The molecule has 28 heavy (non-hydrogen) atoms. The molecule has 4 heteroatoms. The molecule has 0 radical (unpaired) electrons. The van der Waals surface area contributed by atoms with E-state index in [1.807, 2.05) is 79.7 Å². The molecule has 1 N–H and O–H groups in total. The van der Waals surface area contributed by atoms with Crippen LogP contribution in [0.5, 0.6) is 5.75 Å². The Balaban J connectivity index is 1.89. The molecular weight excluding hydrogens is 350 g/mol. The lowest BCUT2D eigenvalue weighted by molar-refractivity contribution is 0.0942. The smallest absolute Gasteiger partial charge is 0.252 e. The molecule has 3 aromatic rings. The number of carbonyl (C=O) groups excluding carboxylic acids is 1. The van der Waals surface area contributed by atoms with Crippen LogP contribution < -0.4 is 10.1 Å². The maximum Gasteiger partial charge on any atom is 0.252 e. The van der Waals surface area contributed by atoms with E-state index in [1.54, 1.807) is 13.2 Å². The number of ether oxygens (including phenoxy) is 2. The van der Waals surface area contributed by atoms with E-state index in [1.165, 1.54) is 0 Å². The second-order valence-electron chi connectivity index (χ2n) is 6.42. The molecule has 0 fully saturated rings. The molecule has 4 nitrogen and oxygen atoms in total. The summed E-state index contributed by atoms with van der Waals surface area (Å²) >= 11 is 0. The summed E-state index contributed by atoms with van der Waals surface area (Å²) in [4.78, 5) is 13.0. The Labute approximate surface area is 166 Å². The Morgan fingerprint density at radius 2 is 1.54 bits per heavy atom. The highest BCUT2D eigenvalue weighted by atomic mass is 16.5. The van der Waals surface area contributed by atoms with Crippen LogP contribution in [-0.2, 0) is 11.3 Å². The fourth-order valence-corrected chi connectivity index (χ4v) is 3.15. The molecule has 0 saturated heterocycles. The van der Waals surface area contributed by atoms with Crippen LogP contribution in [0.25, 0.3) is 0 Å². The molecular formula is C24H25NO3. The van der Waals surface area contributed by atoms with E-state index in [-0.39, 0.29) is 11.9 Å². The standard InChI is InChI=1S/C24H25NO3/c1-3-28-22-15-14-20(16-21(22)17-27-2)24(26)25-23(18-10-6-4-7-11-18)19-12-8-5-9-13-19/h4-16,23H,3,17H2,1-2H3,(H,25,26). The van der Waals surface area contributed by atoms with Crippen molar-refractivity contribution in [2.45, 2.75) is 19.6 Å². The van der Waals surface area contributed by atoms with Gasteiger partial charge in [0.15, 0.2) is 0 Å². The van der Waals surface area contributed by atoms with E-state index < -0.39 is 0 Å². The van der Waals surface area contributed by atoms with Gasteiger partial charge in [0, 0.05) is 18.2 Å². The summed E-state index contributed by atoms with van der Waals surface area (Å²) in [6, 6.07) is 25.1. The van der Waals surface area contributed by atoms with Gasteiger partial charge < -0.3 is 14.8 Å². The first-order valence-corrected chi connectivity index (χ1v) is 9.38. The third-order valence-electron chi connectivity index (χ3n) is 4.46. The number of hydrogen-bond acceptors (Lipinski definition) is 3. The summed E-state index contributed by atoms with van der Waals surface area (Å²) in [5.41, 5.74) is 3.50. The van der Waals surface area contributed by atoms with Crippen LogP contribution in [0.4, 0.5) is 0 Å². The zero-order valence-electron chi connectivity index (χ0n) is 16.2. The monoisotopic (exact) mass is 375 g/mol. The predicted octanol–water partition coefficient (Wildman–Crippen LogP) is 4.75. The summed E-state index contributed by atoms with van der Waals surface area (Å²) in [5, 5.41) is 3.17. The molecule has 144 valence electrons. The van der Waals surface area contributed by atoms with Crippen molar-refractivity contribution in [3.05, 3.63) is 101 Å². The number of carbonyl (C=O) groups is 1. The average Bonchev–Trinajstić information content (AvgIpc) is 2.74. The molecule has 0 aromatic heterocycles. The molecule has 0 atom stereocenters. The zero-order chi connectivity index (χ0) is 19.8. The lowest BCUT2D eigenvalue weighted by Gasteiger charge is -2.20. The van der Waals surface area contributed by atoms with Crippen molar-refractivity contribution in [2.24, 2.45) is 0 Å². The van der Waals surface area contributed by atoms with Crippen molar-refractivity contribution in [1.82, 2.24) is 5.32 Å². The highest BCUT2D eigenvalue weighted by Gasteiger charge is 2.18. The van der Waals surface area contributed by atoms with E-state index >= 15 is 0 Å². The fourth-order valence-electron chi connectivity index (χ4n) is 3.15. The number of benzene rings is 3. The second kappa shape index (κ2) is 9.72. The Hall–Kier alpha value is -3.11. The molecule has 0 heterocycles. The van der Waals surface area contributed by atoms with Crippen molar-refractivity contribution in [2.75, 3.05) is 13.7 Å². The van der Waals surface area contributed by atoms with Gasteiger partial charge in [0.2, 0.25) is 0 Å². The Morgan fingerprint density at radius 1 is 0.929 bits per heavy atom. The molecule has 3 aromatic carbocycles. The van der Waals surface area contributed by atoms with Crippen LogP contribution in [0, 0.1) is 0 Å². The number of rotatable bonds is 8. The van der Waals surface area contributed by atoms with Gasteiger partial charge >= 0.3 is 0 Å². The van der Waals surface area contributed by atoms with Crippen LogP contribution in [-0.4, -0.2) is 19.6 Å². The minimum atomic E-state index is -0.229. The largest absolute Gasteiger partial charge is 0.494 e. The van der Waals surface area contributed by atoms with Gasteiger partial charge in [0.25, 0.3) is 5.91 Å². The van der Waals surface area contributed by atoms with Crippen LogP contribution in [0.15, 0.2) is 78.9 Å². The quantitative estimate of drug-likeness (QED) is 0.618. The van der Waals surface area contributed by atoms with Crippen LogP contribution in [0.3, 0.4) is 0 Å². The van der Waals surface area contributed by atoms with Gasteiger partial charge in [-0.25, -0.2) is 0 Å². The molecule has 0 saturated carbocycles. The lowest BCUT2D eigenvalue weighted by atomic mass is 9.98. The summed E-state index contributed by atoms with van der Waals surface area (Å²) in [7, 11) is 1.63. The highest BCUT2D eigenvalue weighted by Crippen LogP contribution is 2.24. The molecule has 0 aliphatic carbocycles. The van der Waals surface area contributed by atoms with Gasteiger partial charge in [-0.05, 0) is 36.2 Å². The molecule has 0 bridgehead atoms. The van der Waals surface area contributed by atoms with Gasteiger partial charge in [0.1, 0.15) is 5.75 Å². The first-order chi connectivity index (χ1) is 13.7. The number of amides is 1. The van der Waals surface area contributed by atoms with Crippen molar-refractivity contribution in [1.29, 1.82) is 0 Å². The molecule has 0 aliphatic rings. The normalized spacial score (nSPS) is 10.7. The number of nitrogens with one attached hydrogen (secondary N) is 1. The highest BCUT2D eigenvalue weighted by molar-refractivity contribution is 5.95. The molecule has 1 amide bonds. The van der Waals surface area contributed by atoms with E-state index in [4.69, 9.17) is 9.47 Å². The van der Waals surface area contributed by atoms with Gasteiger partial charge in [-0.2, -0.15) is 0 Å². The molecule has 0 spiro atoms. The van der Waals surface area contributed by atoms with E-state index in [2.05, 4.69) is 5.32 Å². The SMILES string of the molecule is CCOc1ccc(C(=O)NC(c2ccccc2)c2ccccc2)cc1COC. The Bertz CT molecular complexity index is 855. The van der Waals surface area contributed by atoms with Gasteiger partial charge in [0.05, 0.1) is 19.3 Å². The maximum atomic E-state index is 13.0. The van der Waals surface area contributed by atoms with Crippen LogP contribution in [0.2, 0.25) is 0 Å². The van der Waals surface area contributed by atoms with E-state index in [9.17, 15) is 4.79 Å². The minimum Gasteiger partial charge on any atom is -0.494 e. The van der Waals surface area contributed by atoms with Gasteiger partial charge in [-0.3, -0.25) is 4.79 Å². The molecule has 3 rings (SSSR count). The summed E-state index contributed by atoms with van der Waals surface area (Å²) < 4.78 is 10.9. The third kappa shape index (κ3) is 4.78. The zero-order valence-corrected chi connectivity index (χ0v) is 16.2. The Kier molecular flexibility index (Phi) is 6.82. The van der Waals surface area contributed by atoms with E-state index in [0.29, 0.717) is 18.8 Å². The van der Waals surface area contributed by atoms with Crippen molar-refractivity contribution in [3.63, 3.8) is 0 Å². The van der Waals surface area contributed by atoms with Crippen molar-refractivity contribution < 1.29 is 14.3 Å². The average molecular weight is 375 g/mol. The van der Waals surface area contributed by atoms with Crippen LogP contribution >= 0.6 is 0 Å². The second-order valence-corrected chi connectivity index (χ2v) is 6.42. The van der Waals surface area contributed by atoms with Crippen molar-refractivity contribution >= 4 is 5.91 Å². The first-order valence-electron chi connectivity index (χ1n) is 9.38. The summed E-state index contributed by atoms with van der Waals surface area (Å²) in [5.74, 6) is 0.599.